The molecule has 0 spiro atoms. The van der Waals surface area contributed by atoms with Crippen LogP contribution >= 0.6 is 11.6 Å². The number of nitro groups is 1. The Balaban J connectivity index is 2.15. The molecule has 0 aliphatic carbocycles. The summed E-state index contributed by atoms with van der Waals surface area (Å²) >= 11 is 5.94. The maximum absolute atomic E-state index is 13.6. The van der Waals surface area contributed by atoms with Crippen molar-refractivity contribution in [1.29, 1.82) is 0 Å². The number of carbonyl (C=O) groups excluding carboxylic acids is 1. The third kappa shape index (κ3) is 3.55. The Bertz CT molecular complexity index is 706. The van der Waals surface area contributed by atoms with Gasteiger partial charge in [-0.05, 0) is 17.7 Å². The van der Waals surface area contributed by atoms with E-state index in [9.17, 15) is 19.3 Å². The van der Waals surface area contributed by atoms with Gasteiger partial charge in [-0.25, -0.2) is 4.39 Å². The molecule has 0 atom stereocenters. The minimum absolute atomic E-state index is 0.0979. The first-order valence-electron chi connectivity index (χ1n) is 5.94. The number of nitrogens with zero attached hydrogens (tertiary/aromatic N) is 1. The molecule has 1 N–H and O–H groups in total. The molecule has 0 radical (unpaired) electrons. The van der Waals surface area contributed by atoms with Crippen LogP contribution in [0.3, 0.4) is 0 Å². The monoisotopic (exact) mass is 308 g/mol. The van der Waals surface area contributed by atoms with Crippen LogP contribution in [0.25, 0.3) is 0 Å². The normalized spacial score (nSPS) is 10.2. The van der Waals surface area contributed by atoms with Gasteiger partial charge in [0.1, 0.15) is 5.82 Å². The molecule has 2 rings (SSSR count). The number of amides is 1. The Morgan fingerprint density at radius 2 is 2.00 bits per heavy atom. The molecular formula is C14H10ClFN2O3. The van der Waals surface area contributed by atoms with Gasteiger partial charge in [-0.15, -0.1) is 0 Å². The van der Waals surface area contributed by atoms with Gasteiger partial charge in [0.05, 0.1) is 10.5 Å². The van der Waals surface area contributed by atoms with Crippen molar-refractivity contribution in [2.75, 3.05) is 0 Å². The number of carbonyl (C=O) groups is 1. The smallest absolute Gasteiger partial charge is 0.270 e. The Morgan fingerprint density at radius 3 is 2.67 bits per heavy atom. The zero-order valence-electron chi connectivity index (χ0n) is 10.7. The SMILES string of the molecule is O=C(NCc1ccccc1Cl)c1cc([N+](=O)[O-])ccc1F. The summed E-state index contributed by atoms with van der Waals surface area (Å²) in [7, 11) is 0. The molecule has 0 heterocycles. The minimum Gasteiger partial charge on any atom is -0.348 e. The van der Waals surface area contributed by atoms with Crippen molar-refractivity contribution in [3.63, 3.8) is 0 Å². The van der Waals surface area contributed by atoms with Gasteiger partial charge in [0.2, 0.25) is 0 Å². The molecule has 2 aromatic rings. The average Bonchev–Trinajstić information content (AvgIpc) is 2.46. The van der Waals surface area contributed by atoms with Crippen LogP contribution in [0.5, 0.6) is 0 Å². The van der Waals surface area contributed by atoms with Gasteiger partial charge >= 0.3 is 0 Å². The highest BCUT2D eigenvalue weighted by Gasteiger charge is 2.16. The van der Waals surface area contributed by atoms with Crippen LogP contribution in [0.4, 0.5) is 10.1 Å². The predicted molar refractivity (Wildman–Crippen MR) is 75.7 cm³/mol. The largest absolute Gasteiger partial charge is 0.348 e. The van der Waals surface area contributed by atoms with E-state index in [0.717, 1.165) is 18.2 Å². The quantitative estimate of drug-likeness (QED) is 0.695. The number of benzene rings is 2. The van der Waals surface area contributed by atoms with Crippen molar-refractivity contribution in [3.05, 3.63) is 74.5 Å². The number of rotatable bonds is 4. The molecule has 0 aliphatic heterocycles. The lowest BCUT2D eigenvalue weighted by atomic mass is 10.1. The van der Waals surface area contributed by atoms with Crippen molar-refractivity contribution in [2.45, 2.75) is 6.54 Å². The van der Waals surface area contributed by atoms with E-state index in [2.05, 4.69) is 5.32 Å². The van der Waals surface area contributed by atoms with Crippen LogP contribution in [0, 0.1) is 15.9 Å². The van der Waals surface area contributed by atoms with Crippen molar-refractivity contribution >= 4 is 23.2 Å². The second-order valence-corrected chi connectivity index (χ2v) is 4.60. The second-order valence-electron chi connectivity index (χ2n) is 4.20. The first kappa shape index (κ1) is 14.9. The van der Waals surface area contributed by atoms with Gasteiger partial charge in [-0.1, -0.05) is 29.8 Å². The van der Waals surface area contributed by atoms with E-state index in [4.69, 9.17) is 11.6 Å². The average molecular weight is 309 g/mol. The van der Waals surface area contributed by atoms with Gasteiger partial charge in [0.15, 0.2) is 0 Å². The van der Waals surface area contributed by atoms with Gasteiger partial charge in [-0.2, -0.15) is 0 Å². The number of nitro benzene ring substituents is 1. The van der Waals surface area contributed by atoms with E-state index in [1.807, 2.05) is 0 Å². The molecule has 0 unspecified atom stereocenters. The van der Waals surface area contributed by atoms with Gasteiger partial charge in [-0.3, -0.25) is 14.9 Å². The van der Waals surface area contributed by atoms with Crippen molar-refractivity contribution < 1.29 is 14.1 Å². The number of nitrogens with one attached hydrogen (secondary N) is 1. The van der Waals surface area contributed by atoms with Crippen LogP contribution < -0.4 is 5.32 Å². The summed E-state index contributed by atoms with van der Waals surface area (Å²) in [4.78, 5) is 21.9. The van der Waals surface area contributed by atoms with Crippen LogP contribution in [0.2, 0.25) is 5.02 Å². The second kappa shape index (κ2) is 6.32. The van der Waals surface area contributed by atoms with Crippen molar-refractivity contribution in [1.82, 2.24) is 5.32 Å². The van der Waals surface area contributed by atoms with Crippen molar-refractivity contribution in [3.8, 4) is 0 Å². The summed E-state index contributed by atoms with van der Waals surface area (Å²) in [5.74, 6) is -1.56. The highest BCUT2D eigenvalue weighted by atomic mass is 35.5. The molecule has 0 bridgehead atoms. The summed E-state index contributed by atoms with van der Waals surface area (Å²) in [6.07, 6.45) is 0. The lowest BCUT2D eigenvalue weighted by molar-refractivity contribution is -0.384. The Morgan fingerprint density at radius 1 is 1.29 bits per heavy atom. The highest BCUT2D eigenvalue weighted by Crippen LogP contribution is 2.18. The molecule has 21 heavy (non-hydrogen) atoms. The van der Waals surface area contributed by atoms with Crippen LogP contribution in [-0.2, 0) is 6.54 Å². The van der Waals surface area contributed by atoms with E-state index < -0.39 is 16.6 Å². The summed E-state index contributed by atoms with van der Waals surface area (Å²) in [6, 6.07) is 9.67. The molecule has 1 amide bonds. The Labute approximate surface area is 124 Å². The molecule has 0 saturated carbocycles. The molecular weight excluding hydrogens is 299 g/mol. The fourth-order valence-corrected chi connectivity index (χ4v) is 1.92. The van der Waals surface area contributed by atoms with Gasteiger partial charge in [0, 0.05) is 23.7 Å². The molecule has 0 saturated heterocycles. The van der Waals surface area contributed by atoms with E-state index in [1.54, 1.807) is 24.3 Å². The Kier molecular flexibility index (Phi) is 4.49. The number of hydrogen-bond acceptors (Lipinski definition) is 3. The Hall–Kier alpha value is -2.47. The number of hydrogen-bond donors (Lipinski definition) is 1. The maximum atomic E-state index is 13.6. The third-order valence-corrected chi connectivity index (χ3v) is 3.17. The summed E-state index contributed by atoms with van der Waals surface area (Å²) in [6.45, 7) is 0.0979. The molecule has 0 fully saturated rings. The lowest BCUT2D eigenvalue weighted by Gasteiger charge is -2.07. The molecule has 0 aromatic heterocycles. The minimum atomic E-state index is -0.822. The molecule has 0 aliphatic rings. The van der Waals surface area contributed by atoms with E-state index in [1.165, 1.54) is 0 Å². The standard InChI is InChI=1S/C14H10ClFN2O3/c15-12-4-2-1-3-9(12)8-17-14(19)11-7-10(18(20)21)5-6-13(11)16/h1-7H,8H2,(H,17,19). The lowest BCUT2D eigenvalue weighted by Crippen LogP contribution is -2.24. The highest BCUT2D eigenvalue weighted by molar-refractivity contribution is 6.31. The fourth-order valence-electron chi connectivity index (χ4n) is 1.71. The molecule has 5 nitrogen and oxygen atoms in total. The van der Waals surface area contributed by atoms with Crippen LogP contribution in [-0.4, -0.2) is 10.8 Å². The zero-order valence-corrected chi connectivity index (χ0v) is 11.4. The van der Waals surface area contributed by atoms with Gasteiger partial charge < -0.3 is 5.32 Å². The first-order valence-corrected chi connectivity index (χ1v) is 6.32. The van der Waals surface area contributed by atoms with Crippen LogP contribution in [0.1, 0.15) is 15.9 Å². The van der Waals surface area contributed by atoms with Gasteiger partial charge in [0.25, 0.3) is 11.6 Å². The van der Waals surface area contributed by atoms with E-state index in [-0.39, 0.29) is 17.8 Å². The number of non-ortho nitro benzene ring substituents is 1. The van der Waals surface area contributed by atoms with E-state index >= 15 is 0 Å². The summed E-state index contributed by atoms with van der Waals surface area (Å²) in [5.41, 5.74) is -0.0612. The first-order chi connectivity index (χ1) is 9.99. The third-order valence-electron chi connectivity index (χ3n) is 2.80. The topological polar surface area (TPSA) is 72.2 Å². The molecule has 2 aromatic carbocycles. The number of halogens is 2. The maximum Gasteiger partial charge on any atom is 0.270 e. The molecule has 7 heteroatoms. The van der Waals surface area contributed by atoms with Crippen LogP contribution in [0.15, 0.2) is 42.5 Å². The summed E-state index contributed by atoms with van der Waals surface area (Å²) in [5, 5.41) is 13.6. The van der Waals surface area contributed by atoms with E-state index in [0.29, 0.717) is 10.6 Å². The zero-order chi connectivity index (χ0) is 15.4. The van der Waals surface area contributed by atoms with Crippen molar-refractivity contribution in [2.24, 2.45) is 0 Å². The predicted octanol–water partition coefficient (Wildman–Crippen LogP) is 3.32. The summed E-state index contributed by atoms with van der Waals surface area (Å²) < 4.78 is 13.6. The fraction of sp³-hybridized carbons (Fsp3) is 0.0714. The molecule has 108 valence electrons.